The van der Waals surface area contributed by atoms with Gasteiger partial charge in [-0.05, 0) is 41.4 Å². The van der Waals surface area contributed by atoms with Crippen molar-refractivity contribution in [2.45, 2.75) is 98.1 Å². The Morgan fingerprint density at radius 3 is 2.26 bits per heavy atom. The number of nitrogens with one attached hydrogen (secondary N) is 4. The quantitative estimate of drug-likeness (QED) is 0.125. The molecule has 3 fully saturated rings. The van der Waals surface area contributed by atoms with Crippen LogP contribution in [0.1, 0.15) is 67.7 Å². The molecule has 2 unspecified atom stereocenters. The SMILES string of the molecule is C=CCNC(=O)C(=O)C(CCC(F)(F)F)NC(=O)[C@@H]1[C@@H]2C(CN1C(=O)[C@@H](NC(=O)N[C@H](CN1CCCS1)C(C)C)C(C)(C)C)C2(C)C. The second-order valence-corrected chi connectivity index (χ2v) is 16.0. The Hall–Kier alpha value is -2.81. The summed E-state index contributed by atoms with van der Waals surface area (Å²) >= 11 is 1.74. The summed E-state index contributed by atoms with van der Waals surface area (Å²) in [5.74, 6) is -2.92. The predicted octanol–water partition coefficient (Wildman–Crippen LogP) is 3.26. The van der Waals surface area contributed by atoms with Crippen molar-refractivity contribution in [1.29, 1.82) is 0 Å². The Kier molecular flexibility index (Phi) is 12.5. The molecule has 0 aromatic heterocycles. The topological polar surface area (TPSA) is 140 Å². The maximum atomic E-state index is 14.2. The number of Topliss-reactive ketones (excluding diaryl/α,β-unsaturated/α-hetero) is 1. The van der Waals surface area contributed by atoms with Crippen molar-refractivity contribution in [1.82, 2.24) is 30.5 Å². The highest BCUT2D eigenvalue weighted by Crippen LogP contribution is 2.65. The first-order chi connectivity index (χ1) is 21.7. The minimum Gasteiger partial charge on any atom is -0.346 e. The number of likely N-dealkylation sites (tertiary alicyclic amines) is 1. The van der Waals surface area contributed by atoms with Gasteiger partial charge in [-0.15, -0.1) is 6.58 Å². The molecule has 266 valence electrons. The second kappa shape index (κ2) is 15.2. The van der Waals surface area contributed by atoms with Crippen LogP contribution in [0.25, 0.3) is 0 Å². The van der Waals surface area contributed by atoms with Crippen LogP contribution in [0, 0.1) is 28.6 Å². The smallest absolute Gasteiger partial charge is 0.346 e. The number of urea groups is 1. The Bertz CT molecular complexity index is 1200. The van der Waals surface area contributed by atoms with Gasteiger partial charge in [0.2, 0.25) is 17.6 Å². The van der Waals surface area contributed by atoms with E-state index in [2.05, 4.69) is 32.2 Å². The lowest BCUT2D eigenvalue weighted by atomic mass is 9.85. The van der Waals surface area contributed by atoms with E-state index in [0.29, 0.717) is 6.54 Å². The normalized spacial score (nSPS) is 24.1. The molecule has 11 nitrogen and oxygen atoms in total. The lowest BCUT2D eigenvalue weighted by molar-refractivity contribution is -0.148. The lowest BCUT2D eigenvalue weighted by Gasteiger charge is -2.38. The summed E-state index contributed by atoms with van der Waals surface area (Å²) in [6.45, 7) is 18.4. The highest BCUT2D eigenvalue weighted by Gasteiger charge is 2.70. The molecule has 6 atom stereocenters. The number of ketones is 1. The molecule has 0 aromatic rings. The Balaban J connectivity index is 1.82. The molecule has 2 heterocycles. The van der Waals surface area contributed by atoms with Gasteiger partial charge in [0.25, 0.3) is 5.91 Å². The van der Waals surface area contributed by atoms with Crippen molar-refractivity contribution in [2.24, 2.45) is 28.6 Å². The van der Waals surface area contributed by atoms with Crippen molar-refractivity contribution < 1.29 is 37.1 Å². The molecule has 0 bridgehead atoms. The largest absolute Gasteiger partial charge is 0.389 e. The molecule has 1 saturated carbocycles. The molecule has 3 aliphatic rings. The average Bonchev–Trinajstić information content (AvgIpc) is 3.39. The van der Waals surface area contributed by atoms with Gasteiger partial charge in [-0.2, -0.15) is 13.2 Å². The van der Waals surface area contributed by atoms with Gasteiger partial charge < -0.3 is 26.2 Å². The van der Waals surface area contributed by atoms with Gasteiger partial charge in [0.15, 0.2) is 0 Å². The summed E-state index contributed by atoms with van der Waals surface area (Å²) in [5.41, 5.74) is -1.12. The van der Waals surface area contributed by atoms with Crippen LogP contribution in [0.3, 0.4) is 0 Å². The first-order valence-electron chi connectivity index (χ1n) is 16.2. The predicted molar refractivity (Wildman–Crippen MR) is 174 cm³/mol. The highest BCUT2D eigenvalue weighted by molar-refractivity contribution is 7.97. The van der Waals surface area contributed by atoms with Crippen LogP contribution in [-0.4, -0.2) is 101 Å². The summed E-state index contributed by atoms with van der Waals surface area (Å²) in [7, 11) is 0. The number of hydrogen-bond donors (Lipinski definition) is 4. The van der Waals surface area contributed by atoms with Crippen LogP contribution in [0.4, 0.5) is 18.0 Å². The van der Waals surface area contributed by atoms with E-state index in [1.54, 1.807) is 32.7 Å². The molecule has 4 N–H and O–H groups in total. The fraction of sp³-hybridized carbons (Fsp3) is 0.781. The molecule has 0 spiro atoms. The summed E-state index contributed by atoms with van der Waals surface area (Å²) in [4.78, 5) is 68.1. The number of hydrogen-bond acceptors (Lipinski definition) is 7. The van der Waals surface area contributed by atoms with E-state index in [-0.39, 0.29) is 42.3 Å². The molecule has 0 radical (unpaired) electrons. The maximum absolute atomic E-state index is 14.2. The minimum atomic E-state index is -4.63. The van der Waals surface area contributed by atoms with Crippen molar-refractivity contribution in [3.05, 3.63) is 12.7 Å². The fourth-order valence-electron chi connectivity index (χ4n) is 6.50. The zero-order valence-electron chi connectivity index (χ0n) is 28.5. The van der Waals surface area contributed by atoms with Crippen LogP contribution < -0.4 is 21.3 Å². The third-order valence-corrected chi connectivity index (χ3v) is 10.6. The van der Waals surface area contributed by atoms with E-state index in [9.17, 15) is 37.1 Å². The number of piperidine rings is 1. The molecule has 0 aromatic carbocycles. The van der Waals surface area contributed by atoms with Crippen LogP contribution >= 0.6 is 11.9 Å². The Labute approximate surface area is 280 Å². The number of fused-ring (bicyclic) bond motifs is 1. The molecular formula is C32H51F3N6O5S. The molecule has 15 heteroatoms. The number of carbonyl (C=O) groups is 5. The zero-order valence-corrected chi connectivity index (χ0v) is 29.3. The van der Waals surface area contributed by atoms with Crippen LogP contribution in [0.2, 0.25) is 0 Å². The van der Waals surface area contributed by atoms with Crippen LogP contribution in [0.15, 0.2) is 12.7 Å². The first-order valence-corrected chi connectivity index (χ1v) is 17.2. The van der Waals surface area contributed by atoms with E-state index in [4.69, 9.17) is 0 Å². The fourth-order valence-corrected chi connectivity index (χ4v) is 7.54. The lowest BCUT2D eigenvalue weighted by Crippen LogP contribution is -2.62. The zero-order chi connectivity index (χ0) is 35.5. The molecular weight excluding hydrogens is 637 g/mol. The first kappa shape index (κ1) is 38.6. The van der Waals surface area contributed by atoms with E-state index in [1.807, 2.05) is 27.7 Å². The van der Waals surface area contributed by atoms with Crippen LogP contribution in [-0.2, 0) is 19.2 Å². The number of carbonyl (C=O) groups excluding carboxylic acids is 5. The standard InChI is InChI=1S/C32H51F3N6O5S/c1-9-13-36-27(44)24(42)20(11-12-32(33,34)35)37-26(43)23-22-19(31(22,7)8)16-41(23)28(45)25(30(4,5)6)39-29(46)38-21(18(2)3)17-40-14-10-15-47-40/h9,18-23,25H,1,10-17H2,2-8H3,(H,36,44)(H,37,43)(H2,38,39,46)/t19?,20?,21-,22+,23+,25-/m1/s1. The summed E-state index contributed by atoms with van der Waals surface area (Å²) < 4.78 is 41.7. The number of amides is 5. The van der Waals surface area contributed by atoms with Crippen molar-refractivity contribution >= 4 is 41.5 Å². The number of nitrogens with zero attached hydrogens (tertiary/aromatic N) is 2. The monoisotopic (exact) mass is 688 g/mol. The number of halogens is 3. The molecule has 3 rings (SSSR count). The van der Waals surface area contributed by atoms with Gasteiger partial charge in [0.05, 0.1) is 6.04 Å². The van der Waals surface area contributed by atoms with E-state index >= 15 is 0 Å². The molecule has 47 heavy (non-hydrogen) atoms. The summed E-state index contributed by atoms with van der Waals surface area (Å²) in [6.07, 6.45) is -4.49. The molecule has 2 saturated heterocycles. The van der Waals surface area contributed by atoms with Crippen molar-refractivity contribution in [2.75, 3.05) is 31.9 Å². The van der Waals surface area contributed by atoms with Gasteiger partial charge in [0.1, 0.15) is 12.1 Å². The summed E-state index contributed by atoms with van der Waals surface area (Å²) in [5, 5.41) is 10.5. The average molecular weight is 689 g/mol. The van der Waals surface area contributed by atoms with Crippen LogP contribution in [0.5, 0.6) is 0 Å². The van der Waals surface area contributed by atoms with Gasteiger partial charge in [0, 0.05) is 44.4 Å². The number of alkyl halides is 3. The van der Waals surface area contributed by atoms with Crippen molar-refractivity contribution in [3.63, 3.8) is 0 Å². The number of rotatable bonds is 14. The molecule has 2 aliphatic heterocycles. The summed E-state index contributed by atoms with van der Waals surface area (Å²) in [6, 6.07) is -4.60. The minimum absolute atomic E-state index is 0.0693. The van der Waals surface area contributed by atoms with Gasteiger partial charge in [-0.25, -0.2) is 9.10 Å². The van der Waals surface area contributed by atoms with E-state index in [1.165, 1.54) is 11.0 Å². The molecule has 1 aliphatic carbocycles. The third kappa shape index (κ3) is 9.86. The van der Waals surface area contributed by atoms with Gasteiger partial charge >= 0.3 is 12.2 Å². The second-order valence-electron chi connectivity index (χ2n) is 14.8. The van der Waals surface area contributed by atoms with Gasteiger partial charge in [-0.3, -0.25) is 19.2 Å². The maximum Gasteiger partial charge on any atom is 0.389 e. The molecule has 5 amide bonds. The Morgan fingerprint density at radius 1 is 1.06 bits per heavy atom. The van der Waals surface area contributed by atoms with E-state index < -0.39 is 72.1 Å². The van der Waals surface area contributed by atoms with Crippen molar-refractivity contribution in [3.8, 4) is 0 Å². The van der Waals surface area contributed by atoms with E-state index in [0.717, 1.165) is 18.7 Å². The van der Waals surface area contributed by atoms with Gasteiger partial charge in [-0.1, -0.05) is 66.5 Å². The third-order valence-electron chi connectivity index (χ3n) is 9.48. The Morgan fingerprint density at radius 2 is 1.72 bits per heavy atom. The highest BCUT2D eigenvalue weighted by atomic mass is 32.2.